The molecule has 0 atom stereocenters. The summed E-state index contributed by atoms with van der Waals surface area (Å²) in [7, 11) is -2.61. The van der Waals surface area contributed by atoms with Gasteiger partial charge in [-0.05, 0) is 32.0 Å². The van der Waals surface area contributed by atoms with Crippen molar-refractivity contribution in [2.45, 2.75) is 24.8 Å². The molecule has 1 N–H and O–H groups in total. The Kier molecular flexibility index (Phi) is 4.96. The Morgan fingerprint density at radius 3 is 2.73 bits per heavy atom. The largest absolute Gasteiger partial charge is 0.487 e. The highest BCUT2D eigenvalue weighted by atomic mass is 35.5. The van der Waals surface area contributed by atoms with Gasteiger partial charge in [0.25, 0.3) is 15.9 Å². The molecule has 138 valence electrons. The van der Waals surface area contributed by atoms with Crippen molar-refractivity contribution in [2.75, 3.05) is 12.4 Å². The van der Waals surface area contributed by atoms with E-state index in [0.29, 0.717) is 15.0 Å². The van der Waals surface area contributed by atoms with Crippen LogP contribution in [0.25, 0.3) is 5.76 Å². The average molecular weight is 414 g/mol. The zero-order chi connectivity index (χ0) is 19.1. The number of pyridine rings is 1. The molecule has 3 rings (SSSR count). The molecule has 0 bridgehead atoms. The highest BCUT2D eigenvalue weighted by Gasteiger charge is 2.41. The van der Waals surface area contributed by atoms with Crippen molar-refractivity contribution in [3.05, 3.63) is 45.4 Å². The van der Waals surface area contributed by atoms with E-state index in [1.165, 1.54) is 19.3 Å². The number of hydrogen-bond acceptors (Lipinski definition) is 6. The molecule has 0 aliphatic carbocycles. The quantitative estimate of drug-likeness (QED) is 0.831. The van der Waals surface area contributed by atoms with Gasteiger partial charge in [0.1, 0.15) is 10.7 Å². The molecule has 0 saturated heterocycles. The molecule has 26 heavy (non-hydrogen) atoms. The van der Waals surface area contributed by atoms with Gasteiger partial charge >= 0.3 is 0 Å². The number of ether oxygens (including phenoxy) is 1. The van der Waals surface area contributed by atoms with Crippen molar-refractivity contribution >= 4 is 50.4 Å². The first-order chi connectivity index (χ1) is 12.2. The Morgan fingerprint density at radius 1 is 1.38 bits per heavy atom. The summed E-state index contributed by atoms with van der Waals surface area (Å²) in [4.78, 5) is 17.2. The van der Waals surface area contributed by atoms with E-state index in [1.807, 2.05) is 0 Å². The second-order valence-electron chi connectivity index (χ2n) is 5.73. The molecule has 0 fully saturated rings. The predicted molar refractivity (Wildman–Crippen MR) is 100 cm³/mol. The number of nitrogens with zero attached hydrogens (tertiary/aromatic N) is 2. The van der Waals surface area contributed by atoms with Crippen LogP contribution in [0, 0.1) is 0 Å². The first-order valence-corrected chi connectivity index (χ1v) is 10.3. The number of likely N-dealkylation sites (N-methyl/N-ethyl adjacent to an activating group) is 1. The van der Waals surface area contributed by atoms with Gasteiger partial charge in [0, 0.05) is 13.2 Å². The van der Waals surface area contributed by atoms with Gasteiger partial charge in [-0.3, -0.25) is 9.10 Å². The number of carbonyl (C=O) groups excluding carboxylic acids is 1. The lowest BCUT2D eigenvalue weighted by atomic mass is 10.2. The molecule has 2 aromatic rings. The second-order valence-corrected chi connectivity index (χ2v) is 9.35. The van der Waals surface area contributed by atoms with Gasteiger partial charge in [-0.2, -0.15) is 0 Å². The SMILES string of the molecule is CC(C)OC1=C(C(=O)Nc2ccccn2)N(C)S(=O)(=O)c2cc(Cl)sc21. The summed E-state index contributed by atoms with van der Waals surface area (Å²) in [6, 6.07) is 6.39. The van der Waals surface area contributed by atoms with Crippen LogP contribution in [0.5, 0.6) is 0 Å². The lowest BCUT2D eigenvalue weighted by Crippen LogP contribution is -2.37. The Labute approximate surface area is 160 Å². The van der Waals surface area contributed by atoms with Gasteiger partial charge in [-0.1, -0.05) is 17.7 Å². The van der Waals surface area contributed by atoms with Crippen LogP contribution in [0.4, 0.5) is 5.82 Å². The standard InChI is InChI=1S/C16H16ClN3O4S2/c1-9(2)24-14-13(16(21)19-12-6-4-5-7-18-12)20(3)26(22,23)10-8-11(17)25-15(10)14/h4-9H,1-3H3,(H,18,19,21). The van der Waals surface area contributed by atoms with Crippen LogP contribution in [0.15, 0.2) is 41.1 Å². The molecule has 7 nitrogen and oxygen atoms in total. The van der Waals surface area contributed by atoms with E-state index in [2.05, 4.69) is 10.3 Å². The molecule has 1 aliphatic rings. The normalized spacial score (nSPS) is 15.8. The number of sulfonamides is 1. The lowest BCUT2D eigenvalue weighted by molar-refractivity contribution is -0.113. The van der Waals surface area contributed by atoms with E-state index >= 15 is 0 Å². The molecule has 0 radical (unpaired) electrons. The summed E-state index contributed by atoms with van der Waals surface area (Å²) in [5.41, 5.74) is -0.115. The summed E-state index contributed by atoms with van der Waals surface area (Å²) >= 11 is 7.08. The minimum absolute atomic E-state index is 0.0278. The number of hydrogen-bond donors (Lipinski definition) is 1. The van der Waals surface area contributed by atoms with Crippen LogP contribution in [-0.4, -0.2) is 36.8 Å². The molecule has 0 unspecified atom stereocenters. The van der Waals surface area contributed by atoms with Crippen molar-refractivity contribution in [1.29, 1.82) is 0 Å². The molecule has 0 spiro atoms. The van der Waals surface area contributed by atoms with Crippen molar-refractivity contribution in [3.63, 3.8) is 0 Å². The highest BCUT2D eigenvalue weighted by Crippen LogP contribution is 2.43. The summed E-state index contributed by atoms with van der Waals surface area (Å²) in [6.07, 6.45) is 1.25. The first-order valence-electron chi connectivity index (χ1n) is 7.63. The third-order valence-electron chi connectivity index (χ3n) is 3.52. The van der Waals surface area contributed by atoms with Crippen LogP contribution >= 0.6 is 22.9 Å². The zero-order valence-electron chi connectivity index (χ0n) is 14.2. The number of anilines is 1. The number of carbonyl (C=O) groups is 1. The third-order valence-corrected chi connectivity index (χ3v) is 6.69. The topological polar surface area (TPSA) is 88.6 Å². The van der Waals surface area contributed by atoms with Crippen molar-refractivity contribution in [2.24, 2.45) is 0 Å². The molecule has 2 aromatic heterocycles. The number of rotatable bonds is 4. The minimum atomic E-state index is -3.91. The number of aromatic nitrogens is 1. The smallest absolute Gasteiger partial charge is 0.278 e. The van der Waals surface area contributed by atoms with Crippen molar-refractivity contribution < 1.29 is 17.9 Å². The highest BCUT2D eigenvalue weighted by molar-refractivity contribution is 7.89. The number of fused-ring (bicyclic) bond motifs is 1. The Morgan fingerprint density at radius 2 is 2.12 bits per heavy atom. The Bertz CT molecular complexity index is 984. The van der Waals surface area contributed by atoms with Gasteiger partial charge in [0.2, 0.25) is 0 Å². The van der Waals surface area contributed by atoms with E-state index in [9.17, 15) is 13.2 Å². The fourth-order valence-corrected chi connectivity index (χ4v) is 5.40. The summed E-state index contributed by atoms with van der Waals surface area (Å²) in [5, 5.41) is 2.60. The van der Waals surface area contributed by atoms with E-state index in [1.54, 1.807) is 32.0 Å². The molecule has 0 saturated carbocycles. The van der Waals surface area contributed by atoms with Gasteiger partial charge in [0.15, 0.2) is 11.5 Å². The summed E-state index contributed by atoms with van der Waals surface area (Å²) < 4.78 is 32.6. The number of thiophene rings is 1. The Balaban J connectivity index is 2.16. The fraction of sp³-hybridized carbons (Fsp3) is 0.250. The molecular weight excluding hydrogens is 398 g/mol. The minimum Gasteiger partial charge on any atom is -0.487 e. The molecular formula is C16H16ClN3O4S2. The van der Waals surface area contributed by atoms with Crippen molar-refractivity contribution in [3.8, 4) is 0 Å². The fourth-order valence-electron chi connectivity index (χ4n) is 2.42. The number of amides is 1. The first kappa shape index (κ1) is 18.7. The molecule has 1 amide bonds. The van der Waals surface area contributed by atoms with Gasteiger partial charge < -0.3 is 10.1 Å². The predicted octanol–water partition coefficient (Wildman–Crippen LogP) is 3.16. The van der Waals surface area contributed by atoms with E-state index in [4.69, 9.17) is 16.3 Å². The summed E-state index contributed by atoms with van der Waals surface area (Å²) in [5.74, 6) is -0.159. The monoisotopic (exact) mass is 413 g/mol. The maximum atomic E-state index is 12.9. The van der Waals surface area contributed by atoms with Gasteiger partial charge in [-0.25, -0.2) is 13.4 Å². The van der Waals surface area contributed by atoms with E-state index in [0.717, 1.165) is 15.6 Å². The average Bonchev–Trinajstić information content (AvgIpc) is 2.96. The molecule has 0 aromatic carbocycles. The van der Waals surface area contributed by atoms with Crippen molar-refractivity contribution in [1.82, 2.24) is 9.29 Å². The van der Waals surface area contributed by atoms with E-state index < -0.39 is 15.9 Å². The van der Waals surface area contributed by atoms with Crippen LogP contribution in [0.1, 0.15) is 18.7 Å². The lowest BCUT2D eigenvalue weighted by Gasteiger charge is -2.29. The molecule has 10 heteroatoms. The van der Waals surface area contributed by atoms with Gasteiger partial charge in [-0.15, -0.1) is 11.3 Å². The van der Waals surface area contributed by atoms with Gasteiger partial charge in [0.05, 0.1) is 15.3 Å². The van der Waals surface area contributed by atoms with Crippen LogP contribution in [0.2, 0.25) is 4.34 Å². The molecule has 1 aliphatic heterocycles. The van der Waals surface area contributed by atoms with Crippen LogP contribution < -0.4 is 5.32 Å². The van der Waals surface area contributed by atoms with Crippen LogP contribution in [0.3, 0.4) is 0 Å². The molecule has 3 heterocycles. The maximum absolute atomic E-state index is 12.9. The summed E-state index contributed by atoms with van der Waals surface area (Å²) in [6.45, 7) is 3.58. The van der Waals surface area contributed by atoms with Crippen LogP contribution in [-0.2, 0) is 19.6 Å². The zero-order valence-corrected chi connectivity index (χ0v) is 16.6. The maximum Gasteiger partial charge on any atom is 0.278 e. The number of halogens is 1. The second kappa shape index (κ2) is 6.90. The number of nitrogens with one attached hydrogen (secondary N) is 1. The third kappa shape index (κ3) is 3.29. The Hall–Kier alpha value is -2.10. The van der Waals surface area contributed by atoms with E-state index in [-0.39, 0.29) is 22.5 Å².